The summed E-state index contributed by atoms with van der Waals surface area (Å²) in [7, 11) is 0. The standard InChI is InChI=1S/C15H14F3NO2/c1-2-21-13-5-3-4-9(15(13)20)8-19-10-6-11(16)14(18)12(17)7-10/h3-7,19-20H,2,8H2,1H3. The fourth-order valence-electron chi connectivity index (χ4n) is 1.84. The quantitative estimate of drug-likeness (QED) is 0.824. The number of anilines is 1. The molecule has 2 N–H and O–H groups in total. The van der Waals surface area contributed by atoms with Gasteiger partial charge in [0.2, 0.25) is 0 Å². The molecule has 0 saturated heterocycles. The topological polar surface area (TPSA) is 41.5 Å². The Morgan fingerprint density at radius 1 is 1.14 bits per heavy atom. The Hall–Kier alpha value is -2.37. The summed E-state index contributed by atoms with van der Waals surface area (Å²) in [6, 6.07) is 6.64. The summed E-state index contributed by atoms with van der Waals surface area (Å²) in [5, 5.41) is 12.7. The second kappa shape index (κ2) is 6.39. The highest BCUT2D eigenvalue weighted by Gasteiger charge is 2.11. The summed E-state index contributed by atoms with van der Waals surface area (Å²) in [5.74, 6) is -3.78. The second-order valence-corrected chi connectivity index (χ2v) is 4.30. The van der Waals surface area contributed by atoms with E-state index in [0.717, 1.165) is 12.1 Å². The van der Waals surface area contributed by atoms with Crippen LogP contribution in [0.3, 0.4) is 0 Å². The number of ether oxygens (including phenoxy) is 1. The highest BCUT2D eigenvalue weighted by Crippen LogP contribution is 2.30. The largest absolute Gasteiger partial charge is 0.504 e. The van der Waals surface area contributed by atoms with Crippen molar-refractivity contribution in [1.82, 2.24) is 0 Å². The van der Waals surface area contributed by atoms with Crippen LogP contribution >= 0.6 is 0 Å². The Balaban J connectivity index is 2.15. The molecule has 0 radical (unpaired) electrons. The lowest BCUT2D eigenvalue weighted by molar-refractivity contribution is 0.317. The van der Waals surface area contributed by atoms with E-state index in [9.17, 15) is 18.3 Å². The predicted octanol–water partition coefficient (Wildman–Crippen LogP) is 3.82. The van der Waals surface area contributed by atoms with Crippen molar-refractivity contribution in [3.05, 3.63) is 53.3 Å². The van der Waals surface area contributed by atoms with Crippen LogP contribution in [0.15, 0.2) is 30.3 Å². The van der Waals surface area contributed by atoms with E-state index in [1.54, 1.807) is 25.1 Å². The second-order valence-electron chi connectivity index (χ2n) is 4.30. The number of para-hydroxylation sites is 1. The molecule has 0 fully saturated rings. The normalized spacial score (nSPS) is 10.5. The van der Waals surface area contributed by atoms with E-state index in [-0.39, 0.29) is 18.0 Å². The van der Waals surface area contributed by atoms with Gasteiger partial charge in [-0.25, -0.2) is 13.2 Å². The van der Waals surface area contributed by atoms with Gasteiger partial charge in [-0.1, -0.05) is 12.1 Å². The lowest BCUT2D eigenvalue weighted by atomic mass is 10.1. The number of hydrogen-bond donors (Lipinski definition) is 2. The van der Waals surface area contributed by atoms with Gasteiger partial charge in [0, 0.05) is 29.9 Å². The molecule has 6 heteroatoms. The number of aromatic hydroxyl groups is 1. The van der Waals surface area contributed by atoms with Crippen LogP contribution in [0.4, 0.5) is 18.9 Å². The molecule has 21 heavy (non-hydrogen) atoms. The Bertz CT molecular complexity index is 624. The minimum Gasteiger partial charge on any atom is -0.504 e. The van der Waals surface area contributed by atoms with Crippen molar-refractivity contribution in [3.8, 4) is 11.5 Å². The molecular weight excluding hydrogens is 283 g/mol. The SMILES string of the molecule is CCOc1cccc(CNc2cc(F)c(F)c(F)c2)c1O. The summed E-state index contributed by atoms with van der Waals surface area (Å²) in [6.07, 6.45) is 0. The van der Waals surface area contributed by atoms with Gasteiger partial charge >= 0.3 is 0 Å². The van der Waals surface area contributed by atoms with Gasteiger partial charge in [0.1, 0.15) is 0 Å². The first-order chi connectivity index (χ1) is 10.0. The third kappa shape index (κ3) is 3.39. The number of benzene rings is 2. The number of phenols is 1. The van der Waals surface area contributed by atoms with Gasteiger partial charge in [-0.05, 0) is 13.0 Å². The minimum atomic E-state index is -1.51. The average molecular weight is 297 g/mol. The number of nitrogens with one attached hydrogen (secondary N) is 1. The lowest BCUT2D eigenvalue weighted by Gasteiger charge is -2.12. The van der Waals surface area contributed by atoms with Gasteiger partial charge in [-0.3, -0.25) is 0 Å². The van der Waals surface area contributed by atoms with Crippen molar-refractivity contribution in [3.63, 3.8) is 0 Å². The van der Waals surface area contributed by atoms with Crippen molar-refractivity contribution in [2.75, 3.05) is 11.9 Å². The monoisotopic (exact) mass is 297 g/mol. The molecule has 3 nitrogen and oxygen atoms in total. The number of phenolic OH excluding ortho intramolecular Hbond substituents is 1. The third-order valence-electron chi connectivity index (χ3n) is 2.85. The van der Waals surface area contributed by atoms with Gasteiger partial charge in [0.05, 0.1) is 6.61 Å². The molecule has 0 bridgehead atoms. The van der Waals surface area contributed by atoms with Crippen molar-refractivity contribution < 1.29 is 23.0 Å². The van der Waals surface area contributed by atoms with Crippen molar-refractivity contribution in [1.29, 1.82) is 0 Å². The maximum atomic E-state index is 13.1. The highest BCUT2D eigenvalue weighted by molar-refractivity contribution is 5.49. The van der Waals surface area contributed by atoms with E-state index in [1.807, 2.05) is 0 Å². The first-order valence-electron chi connectivity index (χ1n) is 6.35. The molecule has 2 aromatic rings. The molecule has 0 spiro atoms. The van der Waals surface area contributed by atoms with E-state index in [1.165, 1.54) is 0 Å². The molecule has 0 aromatic heterocycles. The van der Waals surface area contributed by atoms with Gasteiger partial charge < -0.3 is 15.2 Å². The van der Waals surface area contributed by atoms with Crippen LogP contribution < -0.4 is 10.1 Å². The first-order valence-corrected chi connectivity index (χ1v) is 6.35. The maximum Gasteiger partial charge on any atom is 0.194 e. The molecule has 0 saturated carbocycles. The molecule has 2 rings (SSSR count). The highest BCUT2D eigenvalue weighted by atomic mass is 19.2. The molecular formula is C15H14F3NO2. The van der Waals surface area contributed by atoms with E-state index in [2.05, 4.69) is 5.32 Å². The van der Waals surface area contributed by atoms with Gasteiger partial charge in [0.25, 0.3) is 0 Å². The zero-order valence-electron chi connectivity index (χ0n) is 11.3. The van der Waals surface area contributed by atoms with E-state index in [4.69, 9.17) is 4.74 Å². The zero-order chi connectivity index (χ0) is 15.4. The molecule has 0 aliphatic carbocycles. The summed E-state index contributed by atoms with van der Waals surface area (Å²) in [4.78, 5) is 0. The first kappa shape index (κ1) is 15.0. The maximum absolute atomic E-state index is 13.1. The summed E-state index contributed by atoms with van der Waals surface area (Å²) in [5.41, 5.74) is 0.568. The number of rotatable bonds is 5. The van der Waals surface area contributed by atoms with Gasteiger partial charge in [-0.15, -0.1) is 0 Å². The third-order valence-corrected chi connectivity index (χ3v) is 2.85. The molecule has 0 amide bonds. The van der Waals surface area contributed by atoms with E-state index in [0.29, 0.717) is 17.9 Å². The summed E-state index contributed by atoms with van der Waals surface area (Å²) in [6.45, 7) is 2.30. The Kier molecular flexibility index (Phi) is 4.57. The van der Waals surface area contributed by atoms with Crippen LogP contribution in [0.5, 0.6) is 11.5 Å². The Labute approximate surface area is 120 Å². The predicted molar refractivity (Wildman–Crippen MR) is 72.9 cm³/mol. The van der Waals surface area contributed by atoms with Crippen molar-refractivity contribution in [2.45, 2.75) is 13.5 Å². The van der Waals surface area contributed by atoms with Crippen LogP contribution in [0.2, 0.25) is 0 Å². The minimum absolute atomic E-state index is 0.0464. The fourth-order valence-corrected chi connectivity index (χ4v) is 1.84. The molecule has 0 heterocycles. The van der Waals surface area contributed by atoms with Crippen LogP contribution in [-0.4, -0.2) is 11.7 Å². The molecule has 2 aromatic carbocycles. The fraction of sp³-hybridized carbons (Fsp3) is 0.200. The van der Waals surface area contributed by atoms with Crippen molar-refractivity contribution in [2.24, 2.45) is 0 Å². The molecule has 0 atom stereocenters. The number of hydrogen-bond acceptors (Lipinski definition) is 3. The summed E-state index contributed by atoms with van der Waals surface area (Å²) >= 11 is 0. The van der Waals surface area contributed by atoms with Crippen LogP contribution in [-0.2, 0) is 6.54 Å². The average Bonchev–Trinajstić information content (AvgIpc) is 2.45. The molecule has 0 aliphatic rings. The Morgan fingerprint density at radius 3 is 2.43 bits per heavy atom. The lowest BCUT2D eigenvalue weighted by Crippen LogP contribution is -2.03. The van der Waals surface area contributed by atoms with E-state index >= 15 is 0 Å². The van der Waals surface area contributed by atoms with Gasteiger partial charge in [-0.2, -0.15) is 0 Å². The van der Waals surface area contributed by atoms with Crippen LogP contribution in [0, 0.1) is 17.5 Å². The van der Waals surface area contributed by atoms with Crippen molar-refractivity contribution >= 4 is 5.69 Å². The molecule has 0 aliphatic heterocycles. The zero-order valence-corrected chi connectivity index (χ0v) is 11.3. The molecule has 0 unspecified atom stereocenters. The summed E-state index contributed by atoms with van der Waals surface area (Å²) < 4.78 is 44.2. The van der Waals surface area contributed by atoms with E-state index < -0.39 is 17.5 Å². The van der Waals surface area contributed by atoms with Crippen LogP contribution in [0.1, 0.15) is 12.5 Å². The number of halogens is 3. The smallest absolute Gasteiger partial charge is 0.194 e. The van der Waals surface area contributed by atoms with Crippen LogP contribution in [0.25, 0.3) is 0 Å². The Morgan fingerprint density at radius 2 is 1.81 bits per heavy atom. The molecule has 112 valence electrons. The van der Waals surface area contributed by atoms with Gasteiger partial charge in [0.15, 0.2) is 29.0 Å².